The predicted molar refractivity (Wildman–Crippen MR) is 53.4 cm³/mol. The zero-order valence-corrected chi connectivity index (χ0v) is 8.70. The summed E-state index contributed by atoms with van der Waals surface area (Å²) < 4.78 is 1.37. The number of likely N-dealkylation sites (N-methyl/N-ethyl adjacent to an activating group) is 1. The first-order valence-electron chi connectivity index (χ1n) is 4.49. The number of nitrogens with zero attached hydrogens (tertiary/aromatic N) is 4. The van der Waals surface area contributed by atoms with Gasteiger partial charge in [-0.2, -0.15) is 4.68 Å². The Labute approximate surface area is 87.1 Å². The molecule has 7 heteroatoms. The van der Waals surface area contributed by atoms with Gasteiger partial charge in [0.1, 0.15) is 0 Å². The third kappa shape index (κ3) is 3.64. The molecule has 84 valence electrons. The molecule has 0 radical (unpaired) electrons. The van der Waals surface area contributed by atoms with E-state index in [9.17, 15) is 15.2 Å². The third-order valence-electron chi connectivity index (χ3n) is 1.79. The van der Waals surface area contributed by atoms with E-state index in [1.165, 1.54) is 16.9 Å². The predicted octanol–water partition coefficient (Wildman–Crippen LogP) is -0.286. The molecular formula is C8H14N4O3. The first-order chi connectivity index (χ1) is 6.99. The van der Waals surface area contributed by atoms with Crippen molar-refractivity contribution in [2.24, 2.45) is 0 Å². The maximum Gasteiger partial charge on any atom is 0.389 e. The van der Waals surface area contributed by atoms with E-state index >= 15 is 0 Å². The molecule has 1 rings (SSSR count). The number of rotatable bonds is 5. The van der Waals surface area contributed by atoms with Crippen LogP contribution in [0.1, 0.15) is 0 Å². The lowest BCUT2D eigenvalue weighted by molar-refractivity contribution is -0.389. The second-order valence-electron chi connectivity index (χ2n) is 3.57. The summed E-state index contributed by atoms with van der Waals surface area (Å²) >= 11 is 0. The minimum Gasteiger partial charge on any atom is -0.390 e. The van der Waals surface area contributed by atoms with Crippen molar-refractivity contribution in [1.82, 2.24) is 14.7 Å². The van der Waals surface area contributed by atoms with Crippen molar-refractivity contribution in [1.29, 1.82) is 0 Å². The topological polar surface area (TPSA) is 84.4 Å². The van der Waals surface area contributed by atoms with E-state index in [2.05, 4.69) is 5.10 Å². The Morgan fingerprint density at radius 3 is 2.87 bits per heavy atom. The second kappa shape index (κ2) is 4.85. The third-order valence-corrected chi connectivity index (χ3v) is 1.79. The van der Waals surface area contributed by atoms with Crippen LogP contribution in [0.3, 0.4) is 0 Å². The molecule has 1 heterocycles. The highest BCUT2D eigenvalue weighted by atomic mass is 16.6. The van der Waals surface area contributed by atoms with Crippen LogP contribution in [0.15, 0.2) is 12.3 Å². The molecule has 0 aromatic carbocycles. The molecule has 1 unspecified atom stereocenters. The van der Waals surface area contributed by atoms with Crippen LogP contribution in [0.5, 0.6) is 0 Å². The number of aliphatic hydroxyl groups is 1. The average molecular weight is 214 g/mol. The summed E-state index contributed by atoms with van der Waals surface area (Å²) in [6, 6.07) is 1.31. The van der Waals surface area contributed by atoms with E-state index in [0.29, 0.717) is 6.54 Å². The van der Waals surface area contributed by atoms with E-state index in [0.717, 1.165) is 0 Å². The van der Waals surface area contributed by atoms with Crippen molar-refractivity contribution in [2.75, 3.05) is 20.6 Å². The van der Waals surface area contributed by atoms with Crippen LogP contribution in [-0.4, -0.2) is 51.5 Å². The van der Waals surface area contributed by atoms with Gasteiger partial charge in [0.25, 0.3) is 0 Å². The Kier molecular flexibility index (Phi) is 3.75. The van der Waals surface area contributed by atoms with Gasteiger partial charge in [-0.3, -0.25) is 0 Å². The zero-order chi connectivity index (χ0) is 11.4. The SMILES string of the molecule is CN(C)CC(O)Cn1ccc([N+](=O)[O-])n1. The maximum absolute atomic E-state index is 10.3. The quantitative estimate of drug-likeness (QED) is 0.538. The highest BCUT2D eigenvalue weighted by Gasteiger charge is 2.14. The number of aromatic nitrogens is 2. The van der Waals surface area contributed by atoms with Gasteiger partial charge in [0, 0.05) is 6.54 Å². The molecule has 0 bridgehead atoms. The lowest BCUT2D eigenvalue weighted by atomic mass is 10.3. The summed E-state index contributed by atoms with van der Waals surface area (Å²) in [7, 11) is 3.68. The second-order valence-corrected chi connectivity index (χ2v) is 3.57. The maximum atomic E-state index is 10.3. The molecule has 7 nitrogen and oxygen atoms in total. The molecule has 1 N–H and O–H groups in total. The van der Waals surface area contributed by atoms with Crippen LogP contribution in [0.2, 0.25) is 0 Å². The Hall–Kier alpha value is -1.47. The van der Waals surface area contributed by atoms with Crippen molar-refractivity contribution in [2.45, 2.75) is 12.6 Å². The number of hydrogen-bond acceptors (Lipinski definition) is 5. The normalized spacial score (nSPS) is 13.1. The average Bonchev–Trinajstić information content (AvgIpc) is 2.50. The van der Waals surface area contributed by atoms with Gasteiger partial charge < -0.3 is 20.1 Å². The van der Waals surface area contributed by atoms with Gasteiger partial charge >= 0.3 is 5.82 Å². The van der Waals surface area contributed by atoms with E-state index in [-0.39, 0.29) is 12.4 Å². The van der Waals surface area contributed by atoms with Gasteiger partial charge in [-0.1, -0.05) is 0 Å². The highest BCUT2D eigenvalue weighted by Crippen LogP contribution is 2.05. The molecule has 0 saturated heterocycles. The van der Waals surface area contributed by atoms with Crippen LogP contribution >= 0.6 is 0 Å². The van der Waals surface area contributed by atoms with Crippen molar-refractivity contribution in [3.63, 3.8) is 0 Å². The molecule has 0 aliphatic rings. The van der Waals surface area contributed by atoms with Crippen LogP contribution in [0.4, 0.5) is 5.82 Å². The lowest BCUT2D eigenvalue weighted by Crippen LogP contribution is -2.29. The highest BCUT2D eigenvalue weighted by molar-refractivity contribution is 5.13. The fraction of sp³-hybridized carbons (Fsp3) is 0.625. The summed E-state index contributed by atoms with van der Waals surface area (Å²) in [5, 5.41) is 23.6. The molecule has 1 aromatic heterocycles. The Balaban J connectivity index is 2.53. The van der Waals surface area contributed by atoms with Crippen molar-refractivity contribution in [3.05, 3.63) is 22.4 Å². The lowest BCUT2D eigenvalue weighted by Gasteiger charge is -2.14. The molecule has 0 amide bonds. The van der Waals surface area contributed by atoms with Gasteiger partial charge in [0.15, 0.2) is 0 Å². The summed E-state index contributed by atoms with van der Waals surface area (Å²) in [5.74, 6) is -0.202. The van der Waals surface area contributed by atoms with E-state index in [1.54, 1.807) is 0 Å². The molecular weight excluding hydrogens is 200 g/mol. The van der Waals surface area contributed by atoms with Crippen LogP contribution < -0.4 is 0 Å². The van der Waals surface area contributed by atoms with E-state index < -0.39 is 11.0 Å². The fourth-order valence-corrected chi connectivity index (χ4v) is 1.25. The standard InChI is InChI=1S/C8H14N4O3/c1-10(2)5-7(13)6-11-4-3-8(9-11)12(14)15/h3-4,7,13H,5-6H2,1-2H3. The monoisotopic (exact) mass is 214 g/mol. The summed E-state index contributed by atoms with van der Waals surface area (Å²) in [6.45, 7) is 0.750. The van der Waals surface area contributed by atoms with Crippen LogP contribution in [-0.2, 0) is 6.54 Å². The number of aliphatic hydroxyl groups excluding tert-OH is 1. The molecule has 1 atom stereocenters. The Morgan fingerprint density at radius 2 is 2.40 bits per heavy atom. The van der Waals surface area contributed by atoms with Crippen LogP contribution in [0, 0.1) is 10.1 Å². The van der Waals surface area contributed by atoms with Crippen LogP contribution in [0.25, 0.3) is 0 Å². The van der Waals surface area contributed by atoms with Gasteiger partial charge in [-0.15, -0.1) is 0 Å². The number of hydrogen-bond donors (Lipinski definition) is 1. The van der Waals surface area contributed by atoms with Gasteiger partial charge in [-0.05, 0) is 19.0 Å². The summed E-state index contributed by atoms with van der Waals surface area (Å²) in [4.78, 5) is 11.6. The zero-order valence-electron chi connectivity index (χ0n) is 8.70. The van der Waals surface area contributed by atoms with Crippen molar-refractivity contribution < 1.29 is 10.0 Å². The molecule has 0 aliphatic heterocycles. The van der Waals surface area contributed by atoms with Gasteiger partial charge in [0.2, 0.25) is 0 Å². The summed E-state index contributed by atoms with van der Waals surface area (Å²) in [6.07, 6.45) is 0.899. The minimum atomic E-state index is -0.584. The molecule has 0 spiro atoms. The molecule has 0 saturated carbocycles. The molecule has 1 aromatic rings. The first-order valence-corrected chi connectivity index (χ1v) is 4.49. The van der Waals surface area contributed by atoms with E-state index in [4.69, 9.17) is 0 Å². The molecule has 15 heavy (non-hydrogen) atoms. The smallest absolute Gasteiger partial charge is 0.389 e. The largest absolute Gasteiger partial charge is 0.390 e. The van der Waals surface area contributed by atoms with Crippen molar-refractivity contribution >= 4 is 5.82 Å². The summed E-state index contributed by atoms with van der Waals surface area (Å²) in [5.41, 5.74) is 0. The van der Waals surface area contributed by atoms with Crippen molar-refractivity contribution in [3.8, 4) is 0 Å². The molecule has 0 fully saturated rings. The van der Waals surface area contributed by atoms with Gasteiger partial charge in [0.05, 0.1) is 30.0 Å². The number of nitro groups is 1. The molecule has 0 aliphatic carbocycles. The minimum absolute atomic E-state index is 0.202. The first kappa shape index (κ1) is 11.6. The Bertz CT molecular complexity index is 336. The van der Waals surface area contributed by atoms with Gasteiger partial charge in [-0.25, -0.2) is 0 Å². The Morgan fingerprint density at radius 1 is 1.73 bits per heavy atom. The fourth-order valence-electron chi connectivity index (χ4n) is 1.25. The van der Waals surface area contributed by atoms with E-state index in [1.807, 2.05) is 19.0 Å².